The molecule has 1 rings (SSSR count). The van der Waals surface area contributed by atoms with E-state index in [0.29, 0.717) is 6.42 Å². The van der Waals surface area contributed by atoms with Crippen LogP contribution in [0.2, 0.25) is 0 Å². The maximum atomic E-state index is 10.3. The van der Waals surface area contributed by atoms with Gasteiger partial charge in [0.15, 0.2) is 0 Å². The van der Waals surface area contributed by atoms with Crippen LogP contribution in [0.25, 0.3) is 0 Å². The van der Waals surface area contributed by atoms with E-state index in [1.807, 2.05) is 0 Å². The summed E-state index contributed by atoms with van der Waals surface area (Å²) in [6.07, 6.45) is 9.65. The molecule has 0 aliphatic rings. The average molecular weight is 369 g/mol. The number of carbonyl (C=O) groups is 1. The van der Waals surface area contributed by atoms with Crippen LogP contribution in [0.5, 0.6) is 0 Å². The molecular weight excluding hydrogens is 342 g/mol. The molecule has 110 valence electrons. The first kappa shape index (κ1) is 23.1. The Morgan fingerprint density at radius 2 is 1.35 bits per heavy atom. The second-order valence-electron chi connectivity index (χ2n) is 4.85. The summed E-state index contributed by atoms with van der Waals surface area (Å²) in [6, 6.07) is 10.6. The molecule has 2 nitrogen and oxygen atoms in total. The molecule has 0 heterocycles. The molecule has 0 saturated heterocycles. The number of rotatable bonds is 10. The first-order valence-corrected chi connectivity index (χ1v) is 7.05. The van der Waals surface area contributed by atoms with Crippen LogP contribution in [0.4, 0.5) is 0 Å². The van der Waals surface area contributed by atoms with E-state index in [-0.39, 0.29) is 68.5 Å². The average Bonchev–Trinajstić information content (AvgIpc) is 2.37. The van der Waals surface area contributed by atoms with Crippen molar-refractivity contribution in [1.29, 1.82) is 0 Å². The Hall–Kier alpha value is 0.846. The van der Waals surface area contributed by atoms with Crippen molar-refractivity contribution in [2.24, 2.45) is 0 Å². The van der Waals surface area contributed by atoms with Crippen molar-refractivity contribution in [2.45, 2.75) is 57.8 Å². The fourth-order valence-electron chi connectivity index (χ4n) is 2.13. The van der Waals surface area contributed by atoms with Crippen LogP contribution in [0, 0.1) is 0 Å². The Morgan fingerprint density at radius 1 is 0.850 bits per heavy atom. The van der Waals surface area contributed by atoms with E-state index < -0.39 is 5.97 Å². The van der Waals surface area contributed by atoms with E-state index in [1.54, 1.807) is 0 Å². The fourth-order valence-corrected chi connectivity index (χ4v) is 2.13. The van der Waals surface area contributed by atoms with Crippen molar-refractivity contribution in [3.63, 3.8) is 0 Å². The topological polar surface area (TPSA) is 37.3 Å². The zero-order valence-corrected chi connectivity index (χ0v) is 13.7. The molecule has 4 heteroatoms. The molecule has 0 aromatic heterocycles. The molecule has 1 N–H and O–H groups in total. The van der Waals surface area contributed by atoms with Crippen molar-refractivity contribution < 1.29 is 9.90 Å². The van der Waals surface area contributed by atoms with Crippen LogP contribution in [0.1, 0.15) is 56.9 Å². The predicted octanol–water partition coefficient (Wildman–Crippen LogP) is 2.87. The van der Waals surface area contributed by atoms with E-state index in [9.17, 15) is 4.79 Å². The number of benzene rings is 1. The molecule has 20 heavy (non-hydrogen) atoms. The molecule has 0 saturated carbocycles. The zero-order valence-electron chi connectivity index (χ0n) is 11.6. The van der Waals surface area contributed by atoms with E-state index in [4.69, 9.17) is 5.11 Å². The summed E-state index contributed by atoms with van der Waals surface area (Å²) in [7, 11) is 0. The van der Waals surface area contributed by atoms with Gasteiger partial charge < -0.3 is 5.11 Å². The van der Waals surface area contributed by atoms with E-state index in [1.165, 1.54) is 44.1 Å². The Morgan fingerprint density at radius 3 is 1.90 bits per heavy atom. The Balaban J connectivity index is 0. The number of hydrogen-bond donors (Lipinski definition) is 1. The van der Waals surface area contributed by atoms with Gasteiger partial charge >= 0.3 is 74.4 Å². The number of carboxylic acid groups (broad SMARTS) is 1. The molecular formula is C16H27KO2Se. The van der Waals surface area contributed by atoms with Crippen molar-refractivity contribution in [2.75, 3.05) is 0 Å². The van der Waals surface area contributed by atoms with Crippen molar-refractivity contribution in [1.82, 2.24) is 0 Å². The fraction of sp³-hybridized carbons (Fsp3) is 0.562. The molecule has 0 spiro atoms. The Kier molecular flexibility index (Phi) is 18.7. The third-order valence-electron chi connectivity index (χ3n) is 3.20. The monoisotopic (exact) mass is 370 g/mol. The Bertz CT molecular complexity index is 331. The molecule has 0 radical (unpaired) electrons. The minimum atomic E-state index is -0.669. The van der Waals surface area contributed by atoms with Crippen LogP contribution in [-0.2, 0) is 11.2 Å². The van der Waals surface area contributed by atoms with E-state index in [0.717, 1.165) is 12.8 Å². The first-order chi connectivity index (χ1) is 8.79. The van der Waals surface area contributed by atoms with Crippen molar-refractivity contribution in [3.8, 4) is 0 Å². The van der Waals surface area contributed by atoms with Gasteiger partial charge in [-0.1, -0.05) is 62.4 Å². The summed E-state index contributed by atoms with van der Waals surface area (Å²) >= 11 is 0. The summed E-state index contributed by atoms with van der Waals surface area (Å²) in [5.74, 6) is -0.669. The zero-order chi connectivity index (χ0) is 13.1. The van der Waals surface area contributed by atoms with Gasteiger partial charge in [0.05, 0.1) is 0 Å². The molecule has 0 unspecified atom stereocenters. The van der Waals surface area contributed by atoms with Gasteiger partial charge in [-0.25, -0.2) is 0 Å². The van der Waals surface area contributed by atoms with Crippen LogP contribution in [-0.4, -0.2) is 79.5 Å². The molecule has 1 aromatic carbocycles. The number of aryl methyl sites for hydroxylation is 1. The minimum absolute atomic E-state index is 0. The second-order valence-corrected chi connectivity index (χ2v) is 4.85. The number of unbranched alkanes of at least 4 members (excludes halogenated alkanes) is 6. The molecule has 0 fully saturated rings. The normalized spacial score (nSPS) is 9.40. The van der Waals surface area contributed by atoms with Gasteiger partial charge in [0.2, 0.25) is 0 Å². The molecule has 0 bridgehead atoms. The first-order valence-electron chi connectivity index (χ1n) is 7.05. The SMILES string of the molecule is O=C(O)CCCCCCCCCc1ccccc1.[KH].[SeH2]. The summed E-state index contributed by atoms with van der Waals surface area (Å²) in [5, 5.41) is 8.49. The molecule has 0 amide bonds. The van der Waals surface area contributed by atoms with Gasteiger partial charge in [0, 0.05) is 6.42 Å². The van der Waals surface area contributed by atoms with Gasteiger partial charge in [0.25, 0.3) is 0 Å². The van der Waals surface area contributed by atoms with Gasteiger partial charge in [0.1, 0.15) is 0 Å². The van der Waals surface area contributed by atoms with Crippen LogP contribution >= 0.6 is 0 Å². The Labute approximate surface area is 176 Å². The van der Waals surface area contributed by atoms with Crippen molar-refractivity contribution in [3.05, 3.63) is 35.9 Å². The number of aliphatic carboxylic acids is 1. The van der Waals surface area contributed by atoms with Crippen LogP contribution in [0.15, 0.2) is 30.3 Å². The van der Waals surface area contributed by atoms with Gasteiger partial charge in [-0.3, -0.25) is 4.79 Å². The quantitative estimate of drug-likeness (QED) is 0.509. The van der Waals surface area contributed by atoms with Crippen LogP contribution < -0.4 is 0 Å². The standard InChI is InChI=1S/C16H24O2.K.H2Se.H/c17-16(18)14-10-5-3-1-2-4-7-11-15-12-8-6-9-13-15;;;/h6,8-9,12-13H,1-5,7,10-11,14H2,(H,17,18);;1H2;. The third-order valence-corrected chi connectivity index (χ3v) is 3.20. The van der Waals surface area contributed by atoms with Gasteiger partial charge in [-0.2, -0.15) is 0 Å². The number of carboxylic acids is 1. The van der Waals surface area contributed by atoms with E-state index >= 15 is 0 Å². The molecule has 0 aliphatic heterocycles. The summed E-state index contributed by atoms with van der Waals surface area (Å²) in [5.41, 5.74) is 1.43. The summed E-state index contributed by atoms with van der Waals surface area (Å²) in [6.45, 7) is 0. The molecule has 1 aromatic rings. The third kappa shape index (κ3) is 13.8. The van der Waals surface area contributed by atoms with Gasteiger partial charge in [-0.15, -0.1) is 0 Å². The predicted molar refractivity (Wildman–Crippen MR) is 90.4 cm³/mol. The van der Waals surface area contributed by atoms with Crippen molar-refractivity contribution >= 4 is 74.4 Å². The molecule has 0 atom stereocenters. The van der Waals surface area contributed by atoms with Crippen LogP contribution in [0.3, 0.4) is 0 Å². The second kappa shape index (κ2) is 16.2. The number of hydrogen-bond acceptors (Lipinski definition) is 1. The summed E-state index contributed by atoms with van der Waals surface area (Å²) < 4.78 is 0. The van der Waals surface area contributed by atoms with E-state index in [2.05, 4.69) is 30.3 Å². The summed E-state index contributed by atoms with van der Waals surface area (Å²) in [4.78, 5) is 10.3. The van der Waals surface area contributed by atoms with Gasteiger partial charge in [-0.05, 0) is 24.8 Å². The molecule has 0 aliphatic carbocycles. The maximum absolute atomic E-state index is 10.3.